The molecule has 1 amide bonds. The Labute approximate surface area is 198 Å². The summed E-state index contributed by atoms with van der Waals surface area (Å²) in [5.74, 6) is 0.728. The van der Waals surface area contributed by atoms with E-state index >= 15 is 0 Å². The van der Waals surface area contributed by atoms with Gasteiger partial charge in [0.2, 0.25) is 0 Å². The maximum absolute atomic E-state index is 13.6. The van der Waals surface area contributed by atoms with Crippen LogP contribution in [0.15, 0.2) is 47.4 Å². The maximum Gasteiger partial charge on any atom is 0.262 e. The Morgan fingerprint density at radius 3 is 2.72 bits per heavy atom. The second-order valence-corrected chi connectivity index (χ2v) is 9.84. The summed E-state index contributed by atoms with van der Waals surface area (Å²) in [6, 6.07) is 13.6. The molecule has 170 valence electrons. The Hall–Kier alpha value is -2.31. The monoisotopic (exact) mass is 472 g/mol. The van der Waals surface area contributed by atoms with Crippen molar-refractivity contribution in [2.24, 2.45) is 5.92 Å². The number of benzene rings is 2. The van der Waals surface area contributed by atoms with Gasteiger partial charge in [0, 0.05) is 11.7 Å². The Kier molecular flexibility index (Phi) is 7.21. The van der Waals surface area contributed by atoms with E-state index in [1.54, 1.807) is 12.1 Å². The molecule has 2 aromatic carbocycles. The van der Waals surface area contributed by atoms with Gasteiger partial charge in [0.25, 0.3) is 5.91 Å². The van der Waals surface area contributed by atoms with Crippen LogP contribution >= 0.6 is 23.4 Å². The number of thioether (sulfide) groups is 1. The highest BCUT2D eigenvalue weighted by Gasteiger charge is 2.42. The Morgan fingerprint density at radius 2 is 2.00 bits per heavy atom. The molecule has 32 heavy (non-hydrogen) atoms. The van der Waals surface area contributed by atoms with Crippen LogP contribution in [0.3, 0.4) is 0 Å². The number of nitrogens with one attached hydrogen (secondary N) is 1. The van der Waals surface area contributed by atoms with Crippen LogP contribution in [-0.2, 0) is 4.79 Å². The number of rotatable bonds is 6. The SMILES string of the molecule is CCOc1cc(/C=C2\SC(Nc3ccccc3)N([C@H]3CCCC[C@@H]3C)C2=O)cc(Cl)c1O. The molecule has 2 fully saturated rings. The van der Waals surface area contributed by atoms with Gasteiger partial charge < -0.3 is 20.1 Å². The van der Waals surface area contributed by atoms with Gasteiger partial charge in [0.05, 0.1) is 16.5 Å². The fourth-order valence-corrected chi connectivity index (χ4v) is 5.89. The van der Waals surface area contributed by atoms with Crippen molar-refractivity contribution in [3.05, 3.63) is 58.0 Å². The predicted octanol–water partition coefficient (Wildman–Crippen LogP) is 6.34. The van der Waals surface area contributed by atoms with E-state index in [0.29, 0.717) is 23.2 Å². The van der Waals surface area contributed by atoms with Crippen molar-refractivity contribution in [3.63, 3.8) is 0 Å². The molecule has 1 unspecified atom stereocenters. The van der Waals surface area contributed by atoms with E-state index in [9.17, 15) is 9.90 Å². The molecular weight excluding hydrogens is 444 g/mol. The van der Waals surface area contributed by atoms with Crippen LogP contribution in [0.25, 0.3) is 6.08 Å². The van der Waals surface area contributed by atoms with Crippen LogP contribution in [0.1, 0.15) is 45.1 Å². The zero-order chi connectivity index (χ0) is 22.7. The number of ether oxygens (including phenoxy) is 1. The lowest BCUT2D eigenvalue weighted by atomic mass is 9.85. The van der Waals surface area contributed by atoms with Gasteiger partial charge in [-0.25, -0.2) is 0 Å². The summed E-state index contributed by atoms with van der Waals surface area (Å²) in [5, 5.41) is 13.9. The van der Waals surface area contributed by atoms with E-state index in [1.807, 2.05) is 48.2 Å². The predicted molar refractivity (Wildman–Crippen MR) is 132 cm³/mol. The third-order valence-corrected chi connectivity index (χ3v) is 7.48. The zero-order valence-corrected chi connectivity index (χ0v) is 20.0. The second-order valence-electron chi connectivity index (χ2n) is 8.31. The van der Waals surface area contributed by atoms with Gasteiger partial charge in [0.1, 0.15) is 0 Å². The Bertz CT molecular complexity index is 998. The number of aromatic hydroxyl groups is 1. The van der Waals surface area contributed by atoms with Crippen LogP contribution in [0.5, 0.6) is 11.5 Å². The van der Waals surface area contributed by atoms with Crippen molar-refractivity contribution in [3.8, 4) is 11.5 Å². The number of hydrogen-bond donors (Lipinski definition) is 2. The molecule has 0 bridgehead atoms. The van der Waals surface area contributed by atoms with Crippen LogP contribution in [0, 0.1) is 5.92 Å². The van der Waals surface area contributed by atoms with E-state index in [1.165, 1.54) is 18.2 Å². The van der Waals surface area contributed by atoms with Gasteiger partial charge in [-0.1, -0.05) is 61.3 Å². The minimum Gasteiger partial charge on any atom is -0.503 e. The first-order valence-corrected chi connectivity index (χ1v) is 12.4. The summed E-state index contributed by atoms with van der Waals surface area (Å²) in [6.07, 6.45) is 6.37. The molecule has 0 aromatic heterocycles. The summed E-state index contributed by atoms with van der Waals surface area (Å²) < 4.78 is 5.50. The largest absolute Gasteiger partial charge is 0.503 e. The molecule has 4 rings (SSSR count). The van der Waals surface area contributed by atoms with E-state index in [0.717, 1.165) is 30.5 Å². The fourth-order valence-electron chi connectivity index (χ4n) is 4.46. The molecule has 2 N–H and O–H groups in total. The molecule has 0 spiro atoms. The highest BCUT2D eigenvalue weighted by Crippen LogP contribution is 2.43. The maximum atomic E-state index is 13.6. The van der Waals surface area contributed by atoms with E-state index in [2.05, 4.69) is 12.2 Å². The first kappa shape index (κ1) is 22.9. The number of para-hydroxylation sites is 1. The van der Waals surface area contributed by atoms with Crippen LogP contribution in [-0.4, -0.2) is 34.1 Å². The van der Waals surface area contributed by atoms with Gasteiger partial charge in [-0.3, -0.25) is 4.79 Å². The minimum absolute atomic E-state index is 0.0318. The van der Waals surface area contributed by atoms with E-state index < -0.39 is 0 Å². The summed E-state index contributed by atoms with van der Waals surface area (Å²) in [5.41, 5.74) is 1.53. The first-order valence-electron chi connectivity index (χ1n) is 11.2. The number of nitrogens with zero attached hydrogens (tertiary/aromatic N) is 1. The summed E-state index contributed by atoms with van der Waals surface area (Å²) in [7, 11) is 0. The van der Waals surface area contributed by atoms with Crippen molar-refractivity contribution in [2.75, 3.05) is 11.9 Å². The third kappa shape index (κ3) is 4.86. The van der Waals surface area contributed by atoms with Crippen molar-refractivity contribution in [1.82, 2.24) is 4.90 Å². The Balaban J connectivity index is 1.67. The summed E-state index contributed by atoms with van der Waals surface area (Å²) in [4.78, 5) is 16.3. The number of amides is 1. The number of anilines is 1. The number of carbonyl (C=O) groups is 1. The molecule has 1 heterocycles. The molecule has 5 nitrogen and oxygen atoms in total. The summed E-state index contributed by atoms with van der Waals surface area (Å²) in [6.45, 7) is 4.50. The molecular formula is C25H29ClN2O3S. The standard InChI is InChI=1S/C25H29ClN2O3S/c1-3-31-21-14-17(13-19(26)23(21)29)15-22-24(30)28(20-12-8-7-9-16(20)2)25(32-22)27-18-10-5-4-6-11-18/h4-6,10-11,13-16,20,25,27,29H,3,7-9,12H2,1-2H3/b22-15-/t16-,20-,25?/m0/s1. The van der Waals surface area contributed by atoms with Crippen LogP contribution in [0.2, 0.25) is 5.02 Å². The van der Waals surface area contributed by atoms with Crippen LogP contribution < -0.4 is 10.1 Å². The van der Waals surface area contributed by atoms with Crippen molar-refractivity contribution >= 4 is 41.0 Å². The molecule has 2 aliphatic rings. The van der Waals surface area contributed by atoms with E-state index in [-0.39, 0.29) is 28.2 Å². The average molecular weight is 473 g/mol. The molecule has 1 saturated carbocycles. The molecule has 2 aromatic rings. The van der Waals surface area contributed by atoms with Gasteiger partial charge in [-0.15, -0.1) is 0 Å². The number of carbonyl (C=O) groups excluding carboxylic acids is 1. The first-order chi connectivity index (χ1) is 15.5. The normalized spacial score (nSPS) is 24.7. The summed E-state index contributed by atoms with van der Waals surface area (Å²) >= 11 is 7.73. The molecule has 0 radical (unpaired) electrons. The number of phenolic OH excluding ortho intramolecular Hbond substituents is 1. The fraction of sp³-hybridized carbons (Fsp3) is 0.400. The minimum atomic E-state index is -0.180. The third-order valence-electron chi connectivity index (χ3n) is 6.07. The van der Waals surface area contributed by atoms with Gasteiger partial charge in [-0.05, 0) is 61.6 Å². The zero-order valence-electron chi connectivity index (χ0n) is 18.4. The number of halogens is 1. The van der Waals surface area contributed by atoms with Gasteiger partial charge >= 0.3 is 0 Å². The molecule has 1 aliphatic carbocycles. The average Bonchev–Trinajstić information content (AvgIpc) is 3.07. The molecule has 1 aliphatic heterocycles. The molecule has 3 atom stereocenters. The van der Waals surface area contributed by atoms with Crippen molar-refractivity contribution in [1.29, 1.82) is 0 Å². The Morgan fingerprint density at radius 1 is 1.25 bits per heavy atom. The molecule has 7 heteroatoms. The van der Waals surface area contributed by atoms with Gasteiger partial charge in [0.15, 0.2) is 17.0 Å². The van der Waals surface area contributed by atoms with Crippen molar-refractivity contribution in [2.45, 2.75) is 51.1 Å². The lowest BCUT2D eigenvalue weighted by molar-refractivity contribution is -0.129. The van der Waals surface area contributed by atoms with E-state index in [4.69, 9.17) is 16.3 Å². The number of hydrogen-bond acceptors (Lipinski definition) is 5. The van der Waals surface area contributed by atoms with Crippen molar-refractivity contribution < 1.29 is 14.6 Å². The highest BCUT2D eigenvalue weighted by molar-refractivity contribution is 8.05. The van der Waals surface area contributed by atoms with Gasteiger partial charge in [-0.2, -0.15) is 0 Å². The van der Waals surface area contributed by atoms with Crippen LogP contribution in [0.4, 0.5) is 5.69 Å². The molecule has 1 saturated heterocycles. The number of phenols is 1. The quantitative estimate of drug-likeness (QED) is 0.480. The topological polar surface area (TPSA) is 61.8 Å². The highest BCUT2D eigenvalue weighted by atomic mass is 35.5. The smallest absolute Gasteiger partial charge is 0.262 e. The second kappa shape index (κ2) is 10.1. The lowest BCUT2D eigenvalue weighted by Gasteiger charge is -2.39. The lowest BCUT2D eigenvalue weighted by Crippen LogP contribution is -2.48.